The number of anilines is 2. The lowest BCUT2D eigenvalue weighted by molar-refractivity contribution is 0.0853. The second-order valence-corrected chi connectivity index (χ2v) is 10.5. The van der Waals surface area contributed by atoms with Gasteiger partial charge in [-0.15, -0.1) is 0 Å². The van der Waals surface area contributed by atoms with Crippen molar-refractivity contribution in [3.63, 3.8) is 0 Å². The minimum Gasteiger partial charge on any atom is -0.491 e. The Hall–Kier alpha value is -2.56. The molecule has 0 saturated carbocycles. The zero-order chi connectivity index (χ0) is 27.1. The lowest BCUT2D eigenvalue weighted by atomic mass is 9.84. The van der Waals surface area contributed by atoms with Crippen LogP contribution in [0.2, 0.25) is 0 Å². The summed E-state index contributed by atoms with van der Waals surface area (Å²) in [6.45, 7) is 5.50. The molecule has 1 aromatic heterocycles. The predicted molar refractivity (Wildman–Crippen MR) is 145 cm³/mol. The van der Waals surface area contributed by atoms with Gasteiger partial charge in [0.05, 0.1) is 0 Å². The van der Waals surface area contributed by atoms with Crippen molar-refractivity contribution in [3.05, 3.63) is 30.3 Å². The molecule has 0 aliphatic carbocycles. The molecule has 4 rings (SSSR count). The quantitative estimate of drug-likeness (QED) is 0.451. The number of hydrogen-bond donors (Lipinski definition) is 2. The zero-order valence-electron chi connectivity index (χ0n) is 22.7. The number of halogens is 2. The summed E-state index contributed by atoms with van der Waals surface area (Å²) in [5, 5.41) is 12.9. The Morgan fingerprint density at radius 2 is 2.00 bits per heavy atom. The van der Waals surface area contributed by atoms with Gasteiger partial charge in [-0.2, -0.15) is 0 Å². The van der Waals surface area contributed by atoms with Gasteiger partial charge >= 0.3 is 0 Å². The first-order valence-electron chi connectivity index (χ1n) is 13.6. The molecule has 2 aliphatic rings. The van der Waals surface area contributed by atoms with Crippen LogP contribution in [0.25, 0.3) is 11.4 Å². The molecule has 1 aromatic carbocycles. The van der Waals surface area contributed by atoms with Gasteiger partial charge in [-0.25, -0.2) is 18.7 Å². The normalized spacial score (nSPS) is 21.5. The van der Waals surface area contributed by atoms with Crippen LogP contribution >= 0.6 is 0 Å². The summed E-state index contributed by atoms with van der Waals surface area (Å²) in [4.78, 5) is 14.3. The van der Waals surface area contributed by atoms with Crippen molar-refractivity contribution in [1.82, 2.24) is 15.3 Å². The van der Waals surface area contributed by atoms with Gasteiger partial charge in [0.15, 0.2) is 5.82 Å². The molecular formula is C28H41F2N5O3. The van der Waals surface area contributed by atoms with Gasteiger partial charge in [0.1, 0.15) is 30.1 Å². The Balaban J connectivity index is 1.61. The summed E-state index contributed by atoms with van der Waals surface area (Å²) >= 11 is 0. The van der Waals surface area contributed by atoms with E-state index in [0.717, 1.165) is 43.3 Å². The fourth-order valence-corrected chi connectivity index (χ4v) is 5.35. The van der Waals surface area contributed by atoms with E-state index in [4.69, 9.17) is 19.4 Å². The number of nitrogens with one attached hydrogen (secondary N) is 1. The Labute approximate surface area is 224 Å². The number of benzene rings is 1. The number of nitrogens with zero attached hydrogens (tertiary/aromatic N) is 4. The van der Waals surface area contributed by atoms with Crippen molar-refractivity contribution in [2.75, 3.05) is 63.4 Å². The summed E-state index contributed by atoms with van der Waals surface area (Å²) in [7, 11) is 3.84. The van der Waals surface area contributed by atoms with Crippen molar-refractivity contribution in [1.29, 1.82) is 0 Å². The number of alkyl halides is 2. The second kappa shape index (κ2) is 13.5. The van der Waals surface area contributed by atoms with Gasteiger partial charge in [-0.05, 0) is 50.3 Å². The number of hydrogen-bond acceptors (Lipinski definition) is 8. The van der Waals surface area contributed by atoms with Crippen LogP contribution in [0.4, 0.5) is 20.4 Å². The first-order valence-corrected chi connectivity index (χ1v) is 13.6. The monoisotopic (exact) mass is 533 g/mol. The van der Waals surface area contributed by atoms with Crippen LogP contribution < -0.4 is 19.9 Å². The molecule has 10 heteroatoms. The molecule has 2 aliphatic heterocycles. The van der Waals surface area contributed by atoms with Crippen molar-refractivity contribution in [2.24, 2.45) is 11.8 Å². The van der Waals surface area contributed by atoms with Crippen LogP contribution in [0.1, 0.15) is 32.6 Å². The van der Waals surface area contributed by atoms with Crippen LogP contribution in [-0.4, -0.2) is 87.2 Å². The van der Waals surface area contributed by atoms with E-state index in [9.17, 15) is 13.9 Å². The fraction of sp³-hybridized carbons (Fsp3) is 0.643. The molecule has 2 unspecified atom stereocenters. The number of ether oxygens (including phenoxy) is 2. The minimum absolute atomic E-state index is 0.0176. The van der Waals surface area contributed by atoms with Crippen molar-refractivity contribution in [2.45, 2.75) is 51.2 Å². The fourth-order valence-electron chi connectivity index (χ4n) is 5.35. The molecule has 3 atom stereocenters. The van der Waals surface area contributed by atoms with E-state index in [2.05, 4.69) is 29.1 Å². The van der Waals surface area contributed by atoms with Gasteiger partial charge in [-0.3, -0.25) is 0 Å². The van der Waals surface area contributed by atoms with Gasteiger partial charge < -0.3 is 29.7 Å². The van der Waals surface area contributed by atoms with Gasteiger partial charge in [-0.1, -0.05) is 19.1 Å². The topological polar surface area (TPSA) is 83.0 Å². The molecule has 0 amide bonds. The molecule has 3 heterocycles. The summed E-state index contributed by atoms with van der Waals surface area (Å²) in [6.07, 6.45) is -0.351. The molecule has 38 heavy (non-hydrogen) atoms. The maximum absolute atomic E-state index is 13.1. The number of likely N-dealkylation sites (N-methyl/N-ethyl adjacent to an activating group) is 1. The van der Waals surface area contributed by atoms with E-state index >= 15 is 0 Å². The highest BCUT2D eigenvalue weighted by Crippen LogP contribution is 2.33. The molecule has 2 aromatic rings. The van der Waals surface area contributed by atoms with Gasteiger partial charge in [0.2, 0.25) is 6.43 Å². The number of piperidine rings is 1. The van der Waals surface area contributed by atoms with Crippen LogP contribution in [0, 0.1) is 11.8 Å². The number of aromatic nitrogens is 2. The summed E-state index contributed by atoms with van der Waals surface area (Å²) in [5.74, 6) is 3.02. The average molecular weight is 534 g/mol. The maximum Gasteiger partial charge on any atom is 0.238 e. The average Bonchev–Trinajstić information content (AvgIpc) is 2.93. The van der Waals surface area contributed by atoms with Crippen LogP contribution in [0.5, 0.6) is 5.75 Å². The molecule has 210 valence electrons. The third kappa shape index (κ3) is 7.51. The SMILES string of the molecule is CNCC(O)COc1cccc(-c2nc(N3CCC(CC(F)F)[C@@H](C)C3)cc(N(C)C3CCOCC3)n2)c1. The molecule has 8 nitrogen and oxygen atoms in total. The Kier molecular flexibility index (Phi) is 10.1. The summed E-state index contributed by atoms with van der Waals surface area (Å²) < 4.78 is 37.5. The molecule has 0 radical (unpaired) electrons. The molecule has 2 fully saturated rings. The summed E-state index contributed by atoms with van der Waals surface area (Å²) in [5.41, 5.74) is 0.815. The number of rotatable bonds is 11. The van der Waals surface area contributed by atoms with Crippen LogP contribution in [0.15, 0.2) is 30.3 Å². The summed E-state index contributed by atoms with van der Waals surface area (Å²) in [6, 6.07) is 9.92. The Morgan fingerprint density at radius 3 is 2.71 bits per heavy atom. The van der Waals surface area contributed by atoms with E-state index in [1.54, 1.807) is 7.05 Å². The zero-order valence-corrected chi connectivity index (χ0v) is 22.7. The molecular weight excluding hydrogens is 492 g/mol. The Bertz CT molecular complexity index is 1020. The third-order valence-corrected chi connectivity index (χ3v) is 7.66. The first-order chi connectivity index (χ1) is 18.3. The largest absolute Gasteiger partial charge is 0.491 e. The predicted octanol–water partition coefficient (Wildman–Crippen LogP) is 3.84. The number of aliphatic hydroxyl groups excluding tert-OH is 1. The van der Waals surface area contributed by atoms with Crippen LogP contribution in [-0.2, 0) is 4.74 Å². The van der Waals surface area contributed by atoms with Crippen molar-refractivity contribution >= 4 is 11.6 Å². The second-order valence-electron chi connectivity index (χ2n) is 10.5. The third-order valence-electron chi connectivity index (χ3n) is 7.66. The Morgan fingerprint density at radius 1 is 1.21 bits per heavy atom. The molecule has 0 bridgehead atoms. The lowest BCUT2D eigenvalue weighted by Gasteiger charge is -2.38. The highest BCUT2D eigenvalue weighted by molar-refractivity contribution is 5.64. The lowest BCUT2D eigenvalue weighted by Crippen LogP contribution is -2.41. The van der Waals surface area contributed by atoms with E-state index in [0.29, 0.717) is 43.7 Å². The van der Waals surface area contributed by atoms with Crippen molar-refractivity contribution < 1.29 is 23.4 Å². The first kappa shape index (κ1) is 28.4. The molecule has 2 saturated heterocycles. The van der Waals surface area contributed by atoms with E-state index < -0.39 is 12.5 Å². The van der Waals surface area contributed by atoms with Gasteiger partial charge in [0, 0.05) is 64.0 Å². The highest BCUT2D eigenvalue weighted by Gasteiger charge is 2.30. The van der Waals surface area contributed by atoms with Gasteiger partial charge in [0.25, 0.3) is 0 Å². The van der Waals surface area contributed by atoms with Crippen molar-refractivity contribution in [3.8, 4) is 17.1 Å². The number of aliphatic hydroxyl groups is 1. The molecule has 0 spiro atoms. The maximum atomic E-state index is 13.1. The molecule has 2 N–H and O–H groups in total. The standard InChI is InChI=1S/C28H41F2N5O3/c1-19-17-35(10-7-20(19)14-25(29)30)27-15-26(34(3)22-8-11-37-12-9-22)32-28(33-27)21-5-4-6-24(13-21)38-18-23(36)16-31-2/h4-6,13,15,19-20,22-23,25,31,36H,7-12,14,16-18H2,1-3H3/t19-,20?,23?/m0/s1. The van der Waals surface area contributed by atoms with E-state index in [-0.39, 0.29) is 24.9 Å². The van der Waals surface area contributed by atoms with Crippen LogP contribution in [0.3, 0.4) is 0 Å². The van der Waals surface area contributed by atoms with E-state index in [1.165, 1.54) is 0 Å². The van der Waals surface area contributed by atoms with E-state index in [1.807, 2.05) is 30.3 Å². The smallest absolute Gasteiger partial charge is 0.238 e. The highest BCUT2D eigenvalue weighted by atomic mass is 19.3. The minimum atomic E-state index is -2.27.